The standard InChI is InChI=1S/C14H13BrN2O2/c1-10-16-9-12(15)14(19)17(10)8-7-13(18)11-5-3-2-4-6-11/h2-6,9H,7-8H2,1H3. The number of hydrogen-bond acceptors (Lipinski definition) is 3. The Morgan fingerprint density at radius 3 is 2.68 bits per heavy atom. The second kappa shape index (κ2) is 5.93. The Morgan fingerprint density at radius 2 is 2.00 bits per heavy atom. The van der Waals surface area contributed by atoms with Gasteiger partial charge in [-0.2, -0.15) is 0 Å². The van der Waals surface area contributed by atoms with Gasteiger partial charge < -0.3 is 0 Å². The lowest BCUT2D eigenvalue weighted by molar-refractivity contribution is 0.0976. The van der Waals surface area contributed by atoms with Gasteiger partial charge in [0.05, 0.1) is 0 Å². The van der Waals surface area contributed by atoms with E-state index >= 15 is 0 Å². The summed E-state index contributed by atoms with van der Waals surface area (Å²) >= 11 is 3.15. The maximum atomic E-state index is 12.0. The molecule has 0 radical (unpaired) electrons. The Hall–Kier alpha value is -1.75. The number of halogens is 1. The minimum Gasteiger partial charge on any atom is -0.295 e. The third kappa shape index (κ3) is 3.17. The highest BCUT2D eigenvalue weighted by Gasteiger charge is 2.09. The van der Waals surface area contributed by atoms with Crippen molar-refractivity contribution in [1.82, 2.24) is 9.55 Å². The van der Waals surface area contributed by atoms with E-state index in [1.165, 1.54) is 10.8 Å². The zero-order valence-corrected chi connectivity index (χ0v) is 12.1. The predicted octanol–water partition coefficient (Wildman–Crippen LogP) is 2.59. The van der Waals surface area contributed by atoms with Crippen LogP contribution < -0.4 is 5.56 Å². The summed E-state index contributed by atoms with van der Waals surface area (Å²) in [7, 11) is 0. The average molecular weight is 321 g/mol. The Morgan fingerprint density at radius 1 is 1.32 bits per heavy atom. The van der Waals surface area contributed by atoms with Crippen molar-refractivity contribution in [2.45, 2.75) is 19.9 Å². The van der Waals surface area contributed by atoms with Gasteiger partial charge in [-0.15, -0.1) is 0 Å². The van der Waals surface area contributed by atoms with Gasteiger partial charge >= 0.3 is 0 Å². The van der Waals surface area contributed by atoms with Crippen molar-refractivity contribution < 1.29 is 4.79 Å². The first-order valence-corrected chi connectivity index (χ1v) is 6.69. The summed E-state index contributed by atoms with van der Waals surface area (Å²) in [6.45, 7) is 2.09. The second-order valence-electron chi connectivity index (χ2n) is 4.15. The van der Waals surface area contributed by atoms with Crippen LogP contribution in [0.15, 0.2) is 45.8 Å². The van der Waals surface area contributed by atoms with Crippen molar-refractivity contribution >= 4 is 21.7 Å². The van der Waals surface area contributed by atoms with Crippen LogP contribution in [0.3, 0.4) is 0 Å². The maximum Gasteiger partial charge on any atom is 0.267 e. The third-order valence-corrected chi connectivity index (χ3v) is 3.41. The van der Waals surface area contributed by atoms with Gasteiger partial charge in [0.15, 0.2) is 5.78 Å². The number of carbonyl (C=O) groups is 1. The van der Waals surface area contributed by atoms with E-state index in [9.17, 15) is 9.59 Å². The lowest BCUT2D eigenvalue weighted by atomic mass is 10.1. The van der Waals surface area contributed by atoms with Crippen LogP contribution in [-0.2, 0) is 6.54 Å². The molecule has 0 spiro atoms. The lowest BCUT2D eigenvalue weighted by Crippen LogP contribution is -2.25. The van der Waals surface area contributed by atoms with E-state index in [1.807, 2.05) is 18.2 Å². The van der Waals surface area contributed by atoms with Crippen molar-refractivity contribution in [1.29, 1.82) is 0 Å². The SMILES string of the molecule is Cc1ncc(Br)c(=O)n1CCC(=O)c1ccccc1. The van der Waals surface area contributed by atoms with Gasteiger partial charge in [-0.05, 0) is 22.9 Å². The van der Waals surface area contributed by atoms with Crippen LogP contribution in [0.1, 0.15) is 22.6 Å². The molecule has 1 aromatic heterocycles. The number of rotatable bonds is 4. The number of benzene rings is 1. The summed E-state index contributed by atoms with van der Waals surface area (Å²) in [6.07, 6.45) is 1.76. The maximum absolute atomic E-state index is 12.0. The Kier molecular flexibility index (Phi) is 4.27. The summed E-state index contributed by atoms with van der Waals surface area (Å²) in [6, 6.07) is 9.06. The third-order valence-electron chi connectivity index (χ3n) is 2.86. The molecule has 0 bridgehead atoms. The molecule has 0 aliphatic carbocycles. The molecule has 0 atom stereocenters. The van der Waals surface area contributed by atoms with Crippen molar-refractivity contribution in [3.63, 3.8) is 0 Å². The Balaban J connectivity index is 2.14. The number of hydrogen-bond donors (Lipinski definition) is 0. The van der Waals surface area contributed by atoms with Gasteiger partial charge in [0.1, 0.15) is 10.3 Å². The Bertz CT molecular complexity index is 650. The van der Waals surface area contributed by atoms with E-state index in [4.69, 9.17) is 0 Å². The second-order valence-corrected chi connectivity index (χ2v) is 5.00. The van der Waals surface area contributed by atoms with Gasteiger partial charge in [0, 0.05) is 24.7 Å². The quantitative estimate of drug-likeness (QED) is 0.814. The van der Waals surface area contributed by atoms with Gasteiger partial charge in [-0.1, -0.05) is 30.3 Å². The van der Waals surface area contributed by atoms with E-state index in [-0.39, 0.29) is 17.8 Å². The van der Waals surface area contributed by atoms with E-state index in [0.717, 1.165) is 0 Å². The van der Waals surface area contributed by atoms with Crippen molar-refractivity contribution in [3.05, 3.63) is 62.7 Å². The number of Topliss-reactive ketones (excluding diaryl/α,β-unsaturated/α-hetero) is 1. The minimum atomic E-state index is -0.159. The van der Waals surface area contributed by atoms with Crippen LogP contribution in [0.5, 0.6) is 0 Å². The molecule has 4 nitrogen and oxygen atoms in total. The molecule has 0 N–H and O–H groups in total. The topological polar surface area (TPSA) is 52.0 Å². The fourth-order valence-corrected chi connectivity index (χ4v) is 2.11. The van der Waals surface area contributed by atoms with Crippen molar-refractivity contribution in [3.8, 4) is 0 Å². The molecule has 19 heavy (non-hydrogen) atoms. The fraction of sp³-hybridized carbons (Fsp3) is 0.214. The molecule has 0 aliphatic rings. The molecule has 5 heteroatoms. The highest BCUT2D eigenvalue weighted by molar-refractivity contribution is 9.10. The summed E-state index contributed by atoms with van der Waals surface area (Å²) in [5, 5.41) is 0. The molecule has 0 amide bonds. The van der Waals surface area contributed by atoms with Crippen LogP contribution in [0, 0.1) is 6.92 Å². The molecule has 2 aromatic rings. The number of aromatic nitrogens is 2. The Labute approximate surface area is 119 Å². The van der Waals surface area contributed by atoms with Crippen LogP contribution in [0.4, 0.5) is 0 Å². The fourth-order valence-electron chi connectivity index (χ4n) is 1.80. The highest BCUT2D eigenvalue weighted by atomic mass is 79.9. The highest BCUT2D eigenvalue weighted by Crippen LogP contribution is 2.06. The van der Waals surface area contributed by atoms with Crippen LogP contribution in [0.2, 0.25) is 0 Å². The normalized spacial score (nSPS) is 10.4. The molecular weight excluding hydrogens is 308 g/mol. The van der Waals surface area contributed by atoms with Crippen LogP contribution in [0.25, 0.3) is 0 Å². The van der Waals surface area contributed by atoms with E-state index < -0.39 is 0 Å². The summed E-state index contributed by atoms with van der Waals surface area (Å²) in [5.74, 6) is 0.626. The number of ketones is 1. The predicted molar refractivity (Wildman–Crippen MR) is 76.3 cm³/mol. The summed E-state index contributed by atoms with van der Waals surface area (Å²) in [4.78, 5) is 28.0. The zero-order valence-electron chi connectivity index (χ0n) is 10.5. The van der Waals surface area contributed by atoms with Gasteiger partial charge in [0.25, 0.3) is 5.56 Å². The number of carbonyl (C=O) groups excluding carboxylic acids is 1. The monoisotopic (exact) mass is 320 g/mol. The molecule has 0 fully saturated rings. The first-order chi connectivity index (χ1) is 9.09. The molecule has 2 rings (SSSR count). The first kappa shape index (κ1) is 13.7. The lowest BCUT2D eigenvalue weighted by Gasteiger charge is -2.08. The number of aryl methyl sites for hydroxylation is 1. The average Bonchev–Trinajstić information content (AvgIpc) is 2.44. The molecule has 98 valence electrons. The largest absolute Gasteiger partial charge is 0.295 e. The van der Waals surface area contributed by atoms with Crippen molar-refractivity contribution in [2.24, 2.45) is 0 Å². The van der Waals surface area contributed by atoms with E-state index in [2.05, 4.69) is 20.9 Å². The summed E-state index contributed by atoms with van der Waals surface area (Å²) in [5.41, 5.74) is 0.504. The van der Waals surface area contributed by atoms with Gasteiger partial charge in [-0.3, -0.25) is 14.2 Å². The van der Waals surface area contributed by atoms with Crippen LogP contribution >= 0.6 is 15.9 Å². The van der Waals surface area contributed by atoms with Crippen LogP contribution in [-0.4, -0.2) is 15.3 Å². The zero-order chi connectivity index (χ0) is 13.8. The first-order valence-electron chi connectivity index (χ1n) is 5.90. The van der Waals surface area contributed by atoms with Gasteiger partial charge in [-0.25, -0.2) is 4.98 Å². The van der Waals surface area contributed by atoms with E-state index in [0.29, 0.717) is 22.4 Å². The van der Waals surface area contributed by atoms with Gasteiger partial charge in [0.2, 0.25) is 0 Å². The molecule has 0 saturated heterocycles. The number of nitrogens with zero attached hydrogens (tertiary/aromatic N) is 2. The minimum absolute atomic E-state index is 0.0203. The van der Waals surface area contributed by atoms with Crippen molar-refractivity contribution in [2.75, 3.05) is 0 Å². The van der Waals surface area contributed by atoms with E-state index in [1.54, 1.807) is 19.1 Å². The molecule has 0 unspecified atom stereocenters. The molecule has 1 aromatic carbocycles. The smallest absolute Gasteiger partial charge is 0.267 e. The summed E-state index contributed by atoms with van der Waals surface area (Å²) < 4.78 is 1.91. The molecule has 1 heterocycles. The molecule has 0 aliphatic heterocycles. The molecular formula is C14H13BrN2O2. The molecule has 0 saturated carbocycles.